The number of nitrogens with one attached hydrogen (secondary N) is 2. The second-order valence-electron chi connectivity index (χ2n) is 5.07. The largest absolute Gasteiger partial charge is 0.326 e. The van der Waals surface area contributed by atoms with E-state index in [0.29, 0.717) is 0 Å². The van der Waals surface area contributed by atoms with Crippen LogP contribution in [0.1, 0.15) is 12.8 Å². The number of hydrogen-bond acceptors (Lipinski definition) is 3. The van der Waals surface area contributed by atoms with Crippen LogP contribution in [0.3, 0.4) is 0 Å². The third-order valence-corrected chi connectivity index (χ3v) is 3.68. The van der Waals surface area contributed by atoms with Crippen LogP contribution in [0.5, 0.6) is 0 Å². The number of amides is 1. The molecule has 1 aliphatic heterocycles. The van der Waals surface area contributed by atoms with Gasteiger partial charge in [-0.3, -0.25) is 4.79 Å². The maximum Gasteiger partial charge on any atom is 0.227 e. The summed E-state index contributed by atoms with van der Waals surface area (Å²) in [6.07, 6.45) is 1.92. The second kappa shape index (κ2) is 7.26. The molecular formula is C15H23N3O. The van der Waals surface area contributed by atoms with Crippen molar-refractivity contribution in [3.63, 3.8) is 0 Å². The minimum absolute atomic E-state index is 0.158. The monoisotopic (exact) mass is 261 g/mol. The van der Waals surface area contributed by atoms with Gasteiger partial charge >= 0.3 is 0 Å². The van der Waals surface area contributed by atoms with Gasteiger partial charge in [0.15, 0.2) is 0 Å². The van der Waals surface area contributed by atoms with Gasteiger partial charge in [-0.2, -0.15) is 0 Å². The highest BCUT2D eigenvalue weighted by atomic mass is 16.1. The molecule has 1 heterocycles. The molecule has 0 unspecified atom stereocenters. The van der Waals surface area contributed by atoms with E-state index in [1.54, 1.807) is 0 Å². The average molecular weight is 261 g/mol. The van der Waals surface area contributed by atoms with E-state index in [1.165, 1.54) is 0 Å². The van der Waals surface area contributed by atoms with Crippen molar-refractivity contribution in [3.05, 3.63) is 30.3 Å². The molecule has 1 aromatic carbocycles. The molecule has 1 aliphatic rings. The average Bonchev–Trinajstić information content (AvgIpc) is 2.46. The van der Waals surface area contributed by atoms with Crippen LogP contribution in [0.4, 0.5) is 5.69 Å². The molecule has 0 radical (unpaired) electrons. The van der Waals surface area contributed by atoms with Crippen molar-refractivity contribution >= 4 is 11.6 Å². The van der Waals surface area contributed by atoms with Gasteiger partial charge in [-0.15, -0.1) is 0 Å². The number of carbonyl (C=O) groups excluding carboxylic acids is 1. The molecule has 4 nitrogen and oxygen atoms in total. The normalized spacial score (nSPS) is 17.3. The van der Waals surface area contributed by atoms with E-state index in [2.05, 4.69) is 15.5 Å². The van der Waals surface area contributed by atoms with Crippen LogP contribution in [0, 0.1) is 5.92 Å². The zero-order chi connectivity index (χ0) is 13.5. The van der Waals surface area contributed by atoms with Gasteiger partial charge in [0.05, 0.1) is 0 Å². The van der Waals surface area contributed by atoms with Gasteiger partial charge in [-0.1, -0.05) is 18.2 Å². The van der Waals surface area contributed by atoms with E-state index in [4.69, 9.17) is 0 Å². The van der Waals surface area contributed by atoms with E-state index in [0.717, 1.165) is 44.7 Å². The Bertz CT molecular complexity index is 386. The number of carbonyl (C=O) groups is 1. The Morgan fingerprint density at radius 1 is 1.26 bits per heavy atom. The standard InChI is InChI=1S/C15H23N3O/c1-16-9-12-18-10-7-13(8-11-18)15(19)17-14-5-3-2-4-6-14/h2-6,13,16H,7-12H2,1H3,(H,17,19). The van der Waals surface area contributed by atoms with Crippen molar-refractivity contribution in [2.24, 2.45) is 5.92 Å². The number of rotatable bonds is 5. The summed E-state index contributed by atoms with van der Waals surface area (Å²) < 4.78 is 0. The first-order valence-electron chi connectivity index (χ1n) is 7.02. The molecule has 1 aromatic rings. The molecule has 2 N–H and O–H groups in total. The van der Waals surface area contributed by atoms with Crippen molar-refractivity contribution < 1.29 is 4.79 Å². The number of para-hydroxylation sites is 1. The van der Waals surface area contributed by atoms with Crippen LogP contribution in [0.25, 0.3) is 0 Å². The van der Waals surface area contributed by atoms with Crippen molar-refractivity contribution in [3.8, 4) is 0 Å². The predicted molar refractivity (Wildman–Crippen MR) is 78.2 cm³/mol. The maximum absolute atomic E-state index is 12.1. The van der Waals surface area contributed by atoms with Crippen LogP contribution in [0.2, 0.25) is 0 Å². The fraction of sp³-hybridized carbons (Fsp3) is 0.533. The molecule has 104 valence electrons. The highest BCUT2D eigenvalue weighted by Crippen LogP contribution is 2.19. The molecule has 0 spiro atoms. The Labute approximate surface area is 115 Å². The lowest BCUT2D eigenvalue weighted by atomic mass is 9.96. The van der Waals surface area contributed by atoms with Crippen molar-refractivity contribution in [2.45, 2.75) is 12.8 Å². The lowest BCUT2D eigenvalue weighted by Gasteiger charge is -2.31. The minimum atomic E-state index is 0.158. The van der Waals surface area contributed by atoms with E-state index < -0.39 is 0 Å². The van der Waals surface area contributed by atoms with E-state index in [1.807, 2.05) is 37.4 Å². The Hall–Kier alpha value is -1.39. The van der Waals surface area contributed by atoms with E-state index in [-0.39, 0.29) is 11.8 Å². The molecule has 0 bridgehead atoms. The van der Waals surface area contributed by atoms with Crippen molar-refractivity contribution in [2.75, 3.05) is 38.5 Å². The van der Waals surface area contributed by atoms with Gasteiger partial charge < -0.3 is 15.5 Å². The van der Waals surface area contributed by atoms with Gasteiger partial charge in [-0.05, 0) is 45.1 Å². The fourth-order valence-electron chi connectivity index (χ4n) is 2.45. The lowest BCUT2D eigenvalue weighted by Crippen LogP contribution is -2.40. The van der Waals surface area contributed by atoms with E-state index >= 15 is 0 Å². The topological polar surface area (TPSA) is 44.4 Å². The smallest absolute Gasteiger partial charge is 0.227 e. The first-order chi connectivity index (χ1) is 9.29. The lowest BCUT2D eigenvalue weighted by molar-refractivity contribution is -0.121. The summed E-state index contributed by atoms with van der Waals surface area (Å²) in [5, 5.41) is 6.16. The maximum atomic E-state index is 12.1. The zero-order valence-electron chi connectivity index (χ0n) is 11.6. The number of likely N-dealkylation sites (N-methyl/N-ethyl adjacent to an activating group) is 1. The van der Waals surface area contributed by atoms with Gasteiger partial charge in [-0.25, -0.2) is 0 Å². The van der Waals surface area contributed by atoms with Crippen LogP contribution >= 0.6 is 0 Å². The molecule has 1 saturated heterocycles. The summed E-state index contributed by atoms with van der Waals surface area (Å²) >= 11 is 0. The fourth-order valence-corrected chi connectivity index (χ4v) is 2.45. The third-order valence-electron chi connectivity index (χ3n) is 3.68. The Kier molecular flexibility index (Phi) is 5.36. The minimum Gasteiger partial charge on any atom is -0.326 e. The molecular weight excluding hydrogens is 238 g/mol. The zero-order valence-corrected chi connectivity index (χ0v) is 11.6. The first kappa shape index (κ1) is 14.0. The highest BCUT2D eigenvalue weighted by Gasteiger charge is 2.24. The summed E-state index contributed by atoms with van der Waals surface area (Å²) in [7, 11) is 1.97. The molecule has 2 rings (SSSR count). The Balaban J connectivity index is 1.76. The SMILES string of the molecule is CNCCN1CCC(C(=O)Nc2ccccc2)CC1. The summed E-state index contributed by atoms with van der Waals surface area (Å²) in [6.45, 7) is 4.13. The molecule has 0 aromatic heterocycles. The summed E-state index contributed by atoms with van der Waals surface area (Å²) in [6, 6.07) is 9.70. The Morgan fingerprint density at radius 2 is 1.95 bits per heavy atom. The number of piperidine rings is 1. The number of nitrogens with zero attached hydrogens (tertiary/aromatic N) is 1. The van der Waals surface area contributed by atoms with Gasteiger partial charge in [0.1, 0.15) is 0 Å². The third kappa shape index (κ3) is 4.33. The molecule has 4 heteroatoms. The molecule has 0 atom stereocenters. The van der Waals surface area contributed by atoms with E-state index in [9.17, 15) is 4.79 Å². The quantitative estimate of drug-likeness (QED) is 0.845. The molecule has 0 saturated carbocycles. The van der Waals surface area contributed by atoms with Crippen LogP contribution in [-0.2, 0) is 4.79 Å². The van der Waals surface area contributed by atoms with Gasteiger partial charge in [0.2, 0.25) is 5.91 Å². The van der Waals surface area contributed by atoms with Crippen LogP contribution < -0.4 is 10.6 Å². The Morgan fingerprint density at radius 3 is 2.58 bits per heavy atom. The second-order valence-corrected chi connectivity index (χ2v) is 5.07. The number of benzene rings is 1. The summed E-state index contributed by atoms with van der Waals surface area (Å²) in [5.74, 6) is 0.325. The molecule has 0 aliphatic carbocycles. The molecule has 1 amide bonds. The van der Waals surface area contributed by atoms with Gasteiger partial charge in [0, 0.05) is 24.7 Å². The van der Waals surface area contributed by atoms with Crippen LogP contribution in [-0.4, -0.2) is 44.0 Å². The summed E-state index contributed by atoms with van der Waals surface area (Å²) in [5.41, 5.74) is 0.894. The highest BCUT2D eigenvalue weighted by molar-refractivity contribution is 5.92. The predicted octanol–water partition coefficient (Wildman–Crippen LogP) is 1.56. The summed E-state index contributed by atoms with van der Waals surface area (Å²) in [4.78, 5) is 14.6. The van der Waals surface area contributed by atoms with Crippen molar-refractivity contribution in [1.29, 1.82) is 0 Å². The number of hydrogen-bond donors (Lipinski definition) is 2. The van der Waals surface area contributed by atoms with Crippen LogP contribution in [0.15, 0.2) is 30.3 Å². The molecule has 19 heavy (non-hydrogen) atoms. The van der Waals surface area contributed by atoms with Gasteiger partial charge in [0.25, 0.3) is 0 Å². The first-order valence-corrected chi connectivity index (χ1v) is 7.02. The number of anilines is 1. The number of likely N-dealkylation sites (tertiary alicyclic amines) is 1. The van der Waals surface area contributed by atoms with Crippen molar-refractivity contribution in [1.82, 2.24) is 10.2 Å². The molecule has 1 fully saturated rings.